The van der Waals surface area contributed by atoms with E-state index in [0.717, 1.165) is 17.3 Å². The molecule has 48 valence electrons. The average Bonchev–Trinajstić information content (AvgIpc) is 2.35. The molecule has 0 spiro atoms. The second kappa shape index (κ2) is 1.67. The van der Waals surface area contributed by atoms with Crippen molar-refractivity contribution < 1.29 is 0 Å². The molecule has 0 aliphatic carbocycles. The van der Waals surface area contributed by atoms with Gasteiger partial charge < -0.3 is 4.98 Å². The van der Waals surface area contributed by atoms with Gasteiger partial charge in [0.2, 0.25) is 0 Å². The fourth-order valence-electron chi connectivity index (χ4n) is 0.934. The molecule has 1 N–H and O–H groups in total. The van der Waals surface area contributed by atoms with Crippen LogP contribution in [0.3, 0.4) is 0 Å². The molecule has 2 rings (SSSR count). The summed E-state index contributed by atoms with van der Waals surface area (Å²) in [5, 5.41) is 0. The lowest BCUT2D eigenvalue weighted by Crippen LogP contribution is -2.13. The predicted octanol–water partition coefficient (Wildman–Crippen LogP) is 0.381. The highest BCUT2D eigenvalue weighted by atomic mass is 32.2. The maximum Gasteiger partial charge on any atom is 0.326 e. The molecule has 0 saturated heterocycles. The highest BCUT2D eigenvalue weighted by Crippen LogP contribution is 2.19. The summed E-state index contributed by atoms with van der Waals surface area (Å²) in [6.45, 7) is 0. The van der Waals surface area contributed by atoms with Crippen LogP contribution in [-0.2, 0) is 11.6 Å². The Bertz CT molecular complexity index is 275. The minimum absolute atomic E-state index is 0.0231. The molecular formula is C5H6N2OS. The normalized spacial score (nSPS) is 16.0. The van der Waals surface area contributed by atoms with Crippen molar-refractivity contribution in [2.24, 2.45) is 0 Å². The smallest absolute Gasteiger partial charge is 0.312 e. The van der Waals surface area contributed by atoms with Crippen molar-refractivity contribution in [1.82, 2.24) is 9.55 Å². The molecule has 9 heavy (non-hydrogen) atoms. The number of hydrogen-bond acceptors (Lipinski definition) is 2. The van der Waals surface area contributed by atoms with Crippen LogP contribution < -0.4 is 5.69 Å². The highest BCUT2D eigenvalue weighted by molar-refractivity contribution is 7.97. The van der Waals surface area contributed by atoms with Crippen molar-refractivity contribution in [3.8, 4) is 0 Å². The molecule has 1 aliphatic heterocycles. The van der Waals surface area contributed by atoms with E-state index < -0.39 is 0 Å². The standard InChI is InChI=1S/C5H6N2OS/c8-5-6-1-4-2-9-3-7(4)5/h1H,2-3H2,(H,6,8). The van der Waals surface area contributed by atoms with E-state index in [1.54, 1.807) is 22.5 Å². The zero-order valence-electron chi connectivity index (χ0n) is 4.76. The molecule has 1 aromatic rings. The van der Waals surface area contributed by atoms with Crippen LogP contribution in [0.15, 0.2) is 11.0 Å². The van der Waals surface area contributed by atoms with Gasteiger partial charge in [0.25, 0.3) is 0 Å². The maximum atomic E-state index is 10.8. The van der Waals surface area contributed by atoms with E-state index in [-0.39, 0.29) is 5.69 Å². The van der Waals surface area contributed by atoms with Crippen LogP contribution >= 0.6 is 11.8 Å². The molecule has 2 heterocycles. The summed E-state index contributed by atoms with van der Waals surface area (Å²) in [5.74, 6) is 1.79. The van der Waals surface area contributed by atoms with Crippen LogP contribution in [0.1, 0.15) is 5.69 Å². The number of imidazole rings is 1. The minimum atomic E-state index is 0.0231. The molecule has 0 saturated carbocycles. The molecule has 0 aromatic carbocycles. The monoisotopic (exact) mass is 142 g/mol. The first kappa shape index (κ1) is 5.17. The van der Waals surface area contributed by atoms with Crippen LogP contribution in [0.25, 0.3) is 0 Å². The third kappa shape index (κ3) is 0.627. The summed E-state index contributed by atoms with van der Waals surface area (Å²) >= 11 is 1.77. The van der Waals surface area contributed by atoms with Gasteiger partial charge >= 0.3 is 5.69 Å². The predicted molar refractivity (Wildman–Crippen MR) is 36.3 cm³/mol. The molecule has 0 amide bonds. The molecule has 3 nitrogen and oxygen atoms in total. The number of nitrogens with one attached hydrogen (secondary N) is 1. The second-order valence-electron chi connectivity index (χ2n) is 1.99. The van der Waals surface area contributed by atoms with Crippen molar-refractivity contribution in [1.29, 1.82) is 0 Å². The number of aromatic nitrogens is 2. The number of hydrogen-bond donors (Lipinski definition) is 1. The van der Waals surface area contributed by atoms with Crippen molar-refractivity contribution in [3.05, 3.63) is 22.4 Å². The molecule has 0 unspecified atom stereocenters. The zero-order valence-corrected chi connectivity index (χ0v) is 5.57. The molecule has 4 heteroatoms. The number of aromatic amines is 1. The quantitative estimate of drug-likeness (QED) is 0.568. The Hall–Kier alpha value is -0.640. The molecule has 0 atom stereocenters. The summed E-state index contributed by atoms with van der Waals surface area (Å²) < 4.78 is 1.75. The molecule has 0 fully saturated rings. The molecule has 0 radical (unpaired) electrons. The number of nitrogens with zero attached hydrogens (tertiary/aromatic N) is 1. The number of H-pyrrole nitrogens is 1. The number of rotatable bonds is 0. The molecule has 1 aliphatic rings. The van der Waals surface area contributed by atoms with Gasteiger partial charge in [-0.25, -0.2) is 4.79 Å². The first-order chi connectivity index (χ1) is 4.38. The summed E-state index contributed by atoms with van der Waals surface area (Å²) in [6.07, 6.45) is 1.78. The van der Waals surface area contributed by atoms with E-state index in [2.05, 4.69) is 4.98 Å². The van der Waals surface area contributed by atoms with E-state index in [0.29, 0.717) is 0 Å². The lowest BCUT2D eigenvalue weighted by molar-refractivity contribution is 0.833. The van der Waals surface area contributed by atoms with Crippen molar-refractivity contribution in [2.75, 3.05) is 0 Å². The Morgan fingerprint density at radius 2 is 2.67 bits per heavy atom. The summed E-state index contributed by atoms with van der Waals surface area (Å²) in [7, 11) is 0. The first-order valence-electron chi connectivity index (χ1n) is 2.73. The Kier molecular flexibility index (Phi) is 0.958. The first-order valence-corrected chi connectivity index (χ1v) is 3.88. The lowest BCUT2D eigenvalue weighted by atomic mass is 10.5. The molecular weight excluding hydrogens is 136 g/mol. The SMILES string of the molecule is O=c1[nH]cc2n1CSC2. The van der Waals surface area contributed by atoms with E-state index in [1.807, 2.05) is 0 Å². The Labute approximate surface area is 56.1 Å². The highest BCUT2D eigenvalue weighted by Gasteiger charge is 2.11. The summed E-state index contributed by atoms with van der Waals surface area (Å²) in [5.41, 5.74) is 1.14. The minimum Gasteiger partial charge on any atom is -0.312 e. The largest absolute Gasteiger partial charge is 0.326 e. The van der Waals surface area contributed by atoms with Crippen molar-refractivity contribution >= 4 is 11.8 Å². The van der Waals surface area contributed by atoms with E-state index >= 15 is 0 Å². The van der Waals surface area contributed by atoms with Gasteiger partial charge in [0.15, 0.2) is 0 Å². The second-order valence-corrected chi connectivity index (χ2v) is 2.95. The number of fused-ring (bicyclic) bond motifs is 1. The van der Waals surface area contributed by atoms with Crippen molar-refractivity contribution in [2.45, 2.75) is 11.6 Å². The van der Waals surface area contributed by atoms with Gasteiger partial charge in [-0.3, -0.25) is 4.57 Å². The maximum absolute atomic E-state index is 10.8. The van der Waals surface area contributed by atoms with Crippen molar-refractivity contribution in [3.63, 3.8) is 0 Å². The van der Waals surface area contributed by atoms with E-state index in [9.17, 15) is 4.79 Å². The Morgan fingerprint density at radius 3 is 3.44 bits per heavy atom. The van der Waals surface area contributed by atoms with Crippen LogP contribution in [0.5, 0.6) is 0 Å². The lowest BCUT2D eigenvalue weighted by Gasteiger charge is -1.86. The Morgan fingerprint density at radius 1 is 1.78 bits per heavy atom. The fourth-order valence-corrected chi connectivity index (χ4v) is 1.94. The third-order valence-electron chi connectivity index (χ3n) is 1.42. The molecule has 0 bridgehead atoms. The van der Waals surface area contributed by atoms with E-state index in [4.69, 9.17) is 0 Å². The van der Waals surface area contributed by atoms with Gasteiger partial charge in [-0.1, -0.05) is 0 Å². The van der Waals surface area contributed by atoms with E-state index in [1.165, 1.54) is 0 Å². The van der Waals surface area contributed by atoms with Gasteiger partial charge in [0, 0.05) is 17.6 Å². The van der Waals surface area contributed by atoms with Gasteiger partial charge in [0.1, 0.15) is 0 Å². The zero-order chi connectivity index (χ0) is 6.27. The van der Waals surface area contributed by atoms with Gasteiger partial charge in [0.05, 0.1) is 5.88 Å². The third-order valence-corrected chi connectivity index (χ3v) is 2.37. The van der Waals surface area contributed by atoms with Gasteiger partial charge in [-0.05, 0) is 0 Å². The Balaban J connectivity index is 2.70. The topological polar surface area (TPSA) is 37.8 Å². The average molecular weight is 142 g/mol. The van der Waals surface area contributed by atoms with Crippen LogP contribution in [0.4, 0.5) is 0 Å². The summed E-state index contributed by atoms with van der Waals surface area (Å²) in [6, 6.07) is 0. The van der Waals surface area contributed by atoms with Crippen LogP contribution in [0.2, 0.25) is 0 Å². The van der Waals surface area contributed by atoms with Gasteiger partial charge in [-0.2, -0.15) is 0 Å². The number of thioether (sulfide) groups is 1. The van der Waals surface area contributed by atoms with Crippen LogP contribution in [0, 0.1) is 0 Å². The fraction of sp³-hybridized carbons (Fsp3) is 0.400. The van der Waals surface area contributed by atoms with Crippen LogP contribution in [-0.4, -0.2) is 9.55 Å². The van der Waals surface area contributed by atoms with Gasteiger partial charge in [-0.15, -0.1) is 11.8 Å². The summed E-state index contributed by atoms with van der Waals surface area (Å²) in [4.78, 5) is 13.4. The molecule has 1 aromatic heterocycles.